The Labute approximate surface area is 140 Å². The molecule has 1 saturated heterocycles. The third kappa shape index (κ3) is 3.65. The van der Waals surface area contributed by atoms with Gasteiger partial charge in [0.25, 0.3) is 15.9 Å². The lowest BCUT2D eigenvalue weighted by Crippen LogP contribution is -2.43. The van der Waals surface area contributed by atoms with Crippen LogP contribution in [0.3, 0.4) is 0 Å². The number of sulfonamides is 1. The second-order valence-electron chi connectivity index (χ2n) is 5.77. The highest BCUT2D eigenvalue weighted by atomic mass is 32.2. The Hall–Kier alpha value is -1.78. The van der Waals surface area contributed by atoms with E-state index in [0.717, 1.165) is 12.8 Å². The van der Waals surface area contributed by atoms with E-state index in [1.54, 1.807) is 11.6 Å². The van der Waals surface area contributed by atoms with Gasteiger partial charge in [-0.25, -0.2) is 13.4 Å². The third-order valence-corrected chi connectivity index (χ3v) is 5.65. The van der Waals surface area contributed by atoms with E-state index in [1.165, 1.54) is 16.8 Å². The van der Waals surface area contributed by atoms with Crippen LogP contribution >= 0.6 is 0 Å². The zero-order chi connectivity index (χ0) is 17.2. The van der Waals surface area contributed by atoms with Gasteiger partial charge < -0.3 is 13.8 Å². The first kappa shape index (κ1) is 17.1. The van der Waals surface area contributed by atoms with E-state index in [9.17, 15) is 8.42 Å². The van der Waals surface area contributed by atoms with Gasteiger partial charge in [0.2, 0.25) is 0 Å². The maximum atomic E-state index is 12.6. The Morgan fingerprint density at radius 1 is 1.46 bits per heavy atom. The Balaban J connectivity index is 1.61. The Morgan fingerprint density at radius 3 is 2.96 bits per heavy atom. The van der Waals surface area contributed by atoms with Crippen molar-refractivity contribution in [2.24, 2.45) is 7.05 Å². The molecule has 3 rings (SSSR count). The monoisotopic (exact) mass is 355 g/mol. The number of ether oxygens (including phenoxy) is 1. The molecule has 1 unspecified atom stereocenters. The molecule has 1 atom stereocenters. The fourth-order valence-electron chi connectivity index (χ4n) is 2.60. The molecule has 10 heteroatoms. The summed E-state index contributed by atoms with van der Waals surface area (Å²) in [5.41, 5.74) is 0. The molecule has 2 aromatic rings. The highest BCUT2D eigenvalue weighted by molar-refractivity contribution is 7.89. The highest BCUT2D eigenvalue weighted by Gasteiger charge is 2.32. The lowest BCUT2D eigenvalue weighted by atomic mass is 10.1. The fraction of sp³-hybridized carbons (Fsp3) is 0.643. The summed E-state index contributed by atoms with van der Waals surface area (Å²) in [6.45, 7) is 2.90. The number of aromatic nitrogens is 4. The molecule has 24 heavy (non-hydrogen) atoms. The minimum Gasteiger partial charge on any atom is -0.367 e. The average molecular weight is 355 g/mol. The van der Waals surface area contributed by atoms with Gasteiger partial charge in [0.1, 0.15) is 6.61 Å². The van der Waals surface area contributed by atoms with Crippen LogP contribution in [0.2, 0.25) is 0 Å². The highest BCUT2D eigenvalue weighted by Crippen LogP contribution is 2.21. The van der Waals surface area contributed by atoms with Gasteiger partial charge in [-0.3, -0.25) is 0 Å². The van der Waals surface area contributed by atoms with Crippen molar-refractivity contribution in [3.8, 4) is 0 Å². The lowest BCUT2D eigenvalue weighted by Gasteiger charge is -2.30. The minimum absolute atomic E-state index is 0.0649. The van der Waals surface area contributed by atoms with Crippen LogP contribution in [-0.4, -0.2) is 51.6 Å². The number of hydrogen-bond acceptors (Lipinski definition) is 7. The summed E-state index contributed by atoms with van der Waals surface area (Å²) >= 11 is 0. The second kappa shape index (κ2) is 6.99. The van der Waals surface area contributed by atoms with Crippen molar-refractivity contribution in [2.45, 2.75) is 43.9 Å². The van der Waals surface area contributed by atoms with Crippen molar-refractivity contribution < 1.29 is 17.7 Å². The van der Waals surface area contributed by atoms with Crippen LogP contribution in [0.15, 0.2) is 22.1 Å². The maximum absolute atomic E-state index is 12.6. The van der Waals surface area contributed by atoms with E-state index in [1.807, 2.05) is 6.92 Å². The molecular formula is C14H21N5O4S. The SMILES string of the molecule is CCc1noc(COC2CCCN(S(=O)(=O)c3cn(C)cn3)C2)n1. The predicted molar refractivity (Wildman–Crippen MR) is 83.5 cm³/mol. The first-order chi connectivity index (χ1) is 11.5. The van der Waals surface area contributed by atoms with Gasteiger partial charge in [-0.15, -0.1) is 0 Å². The van der Waals surface area contributed by atoms with Crippen molar-refractivity contribution in [3.05, 3.63) is 24.2 Å². The fourth-order valence-corrected chi connectivity index (χ4v) is 4.07. The Kier molecular flexibility index (Phi) is 4.97. The topological polar surface area (TPSA) is 103 Å². The number of nitrogens with zero attached hydrogens (tertiary/aromatic N) is 5. The van der Waals surface area contributed by atoms with Gasteiger partial charge in [0, 0.05) is 32.8 Å². The van der Waals surface area contributed by atoms with Crippen LogP contribution < -0.4 is 0 Å². The van der Waals surface area contributed by atoms with Crippen molar-refractivity contribution in [1.82, 2.24) is 24.0 Å². The number of imidazole rings is 1. The van der Waals surface area contributed by atoms with Crippen molar-refractivity contribution in [2.75, 3.05) is 13.1 Å². The molecule has 0 aliphatic carbocycles. The molecule has 2 aromatic heterocycles. The van der Waals surface area contributed by atoms with Crippen LogP contribution in [0.1, 0.15) is 31.5 Å². The largest absolute Gasteiger partial charge is 0.367 e. The number of aryl methyl sites for hydroxylation is 2. The van der Waals surface area contributed by atoms with E-state index in [0.29, 0.717) is 31.2 Å². The predicted octanol–water partition coefficient (Wildman–Crippen LogP) is 0.735. The third-order valence-electron chi connectivity index (χ3n) is 3.90. The average Bonchev–Trinajstić information content (AvgIpc) is 3.22. The van der Waals surface area contributed by atoms with Crippen LogP contribution in [0.5, 0.6) is 0 Å². The van der Waals surface area contributed by atoms with Crippen molar-refractivity contribution in [3.63, 3.8) is 0 Å². The number of piperidine rings is 1. The van der Waals surface area contributed by atoms with Gasteiger partial charge in [0.05, 0.1) is 12.4 Å². The maximum Gasteiger partial charge on any atom is 0.262 e. The summed E-state index contributed by atoms with van der Waals surface area (Å²) in [7, 11) is -1.85. The van der Waals surface area contributed by atoms with Gasteiger partial charge in [-0.05, 0) is 12.8 Å². The zero-order valence-electron chi connectivity index (χ0n) is 13.8. The molecule has 0 bridgehead atoms. The molecule has 0 aromatic carbocycles. The summed E-state index contributed by atoms with van der Waals surface area (Å²) in [5, 5.41) is 3.88. The first-order valence-electron chi connectivity index (χ1n) is 7.90. The van der Waals surface area contributed by atoms with E-state index < -0.39 is 10.0 Å². The van der Waals surface area contributed by atoms with Crippen molar-refractivity contribution >= 4 is 10.0 Å². The standard InChI is InChI=1S/C14H21N5O4S/c1-3-12-16-13(23-17-12)9-22-11-5-4-6-19(7-11)24(20,21)14-8-18(2)10-15-14/h8,10-11H,3-7,9H2,1-2H3. The zero-order valence-corrected chi connectivity index (χ0v) is 14.6. The summed E-state index contributed by atoms with van der Waals surface area (Å²) < 4.78 is 39.1. The second-order valence-corrected chi connectivity index (χ2v) is 7.66. The van der Waals surface area contributed by atoms with Crippen LogP contribution in [0.25, 0.3) is 0 Å². The van der Waals surface area contributed by atoms with Gasteiger partial charge >= 0.3 is 0 Å². The van der Waals surface area contributed by atoms with E-state index in [4.69, 9.17) is 9.26 Å². The molecule has 132 valence electrons. The van der Waals surface area contributed by atoms with Gasteiger partial charge in [0.15, 0.2) is 10.9 Å². The molecule has 0 amide bonds. The van der Waals surface area contributed by atoms with E-state index >= 15 is 0 Å². The molecule has 0 saturated carbocycles. The Bertz CT molecular complexity index is 785. The van der Waals surface area contributed by atoms with Crippen LogP contribution in [-0.2, 0) is 34.8 Å². The molecule has 0 spiro atoms. The number of rotatable bonds is 6. The van der Waals surface area contributed by atoms with Gasteiger partial charge in [-0.2, -0.15) is 9.29 Å². The minimum atomic E-state index is -3.59. The summed E-state index contributed by atoms with van der Waals surface area (Å²) in [6, 6.07) is 0. The first-order valence-corrected chi connectivity index (χ1v) is 9.34. The molecule has 0 N–H and O–H groups in total. The number of hydrogen-bond donors (Lipinski definition) is 0. The molecular weight excluding hydrogens is 334 g/mol. The smallest absolute Gasteiger partial charge is 0.262 e. The molecule has 3 heterocycles. The molecule has 9 nitrogen and oxygen atoms in total. The summed E-state index contributed by atoms with van der Waals surface area (Å²) in [4.78, 5) is 8.14. The molecule has 1 aliphatic heterocycles. The summed E-state index contributed by atoms with van der Waals surface area (Å²) in [5.74, 6) is 1.05. The van der Waals surface area contributed by atoms with Crippen molar-refractivity contribution in [1.29, 1.82) is 0 Å². The molecule has 0 radical (unpaired) electrons. The molecule has 1 fully saturated rings. The van der Waals surface area contributed by atoms with E-state index in [2.05, 4.69) is 15.1 Å². The van der Waals surface area contributed by atoms with E-state index in [-0.39, 0.29) is 17.7 Å². The quantitative estimate of drug-likeness (QED) is 0.752. The lowest BCUT2D eigenvalue weighted by molar-refractivity contribution is -0.00299. The molecule has 1 aliphatic rings. The summed E-state index contributed by atoms with van der Waals surface area (Å²) in [6.07, 6.45) is 5.01. The van der Waals surface area contributed by atoms with Crippen LogP contribution in [0, 0.1) is 0 Å². The van der Waals surface area contributed by atoms with Crippen LogP contribution in [0.4, 0.5) is 0 Å². The Morgan fingerprint density at radius 2 is 2.29 bits per heavy atom. The normalized spacial score (nSPS) is 19.7. The van der Waals surface area contributed by atoms with Gasteiger partial charge in [-0.1, -0.05) is 12.1 Å².